The van der Waals surface area contributed by atoms with Gasteiger partial charge in [-0.15, -0.1) is 0 Å². The zero-order valence-corrected chi connectivity index (χ0v) is 14.5. The highest BCUT2D eigenvalue weighted by molar-refractivity contribution is 5.13. The van der Waals surface area contributed by atoms with Crippen molar-refractivity contribution in [1.82, 2.24) is 0 Å². The van der Waals surface area contributed by atoms with Gasteiger partial charge in [-0.1, -0.05) is 40.6 Å². The summed E-state index contributed by atoms with van der Waals surface area (Å²) in [5.41, 5.74) is 18.4. The van der Waals surface area contributed by atoms with Crippen LogP contribution in [0.15, 0.2) is 40.6 Å². The Hall–Kier alpha value is -2.32. The molecule has 2 fully saturated rings. The second-order valence-electron chi connectivity index (χ2n) is 6.52. The van der Waals surface area contributed by atoms with Crippen LogP contribution in [0.5, 0.6) is 0 Å². The fraction of sp³-hybridized carbons (Fsp3) is 0.625. The summed E-state index contributed by atoms with van der Waals surface area (Å²) in [6, 6.07) is 8.96. The lowest BCUT2D eigenvalue weighted by Crippen LogP contribution is -2.39. The van der Waals surface area contributed by atoms with Crippen molar-refractivity contribution in [2.45, 2.75) is 56.9 Å². The van der Waals surface area contributed by atoms with E-state index in [2.05, 4.69) is 20.1 Å². The van der Waals surface area contributed by atoms with Crippen LogP contribution in [0.1, 0.15) is 19.4 Å². The van der Waals surface area contributed by atoms with Crippen LogP contribution in [0.4, 0.5) is 0 Å². The van der Waals surface area contributed by atoms with E-state index < -0.39 is 36.4 Å². The Kier molecular flexibility index (Phi) is 5.63. The van der Waals surface area contributed by atoms with Gasteiger partial charge in [-0.25, -0.2) is 0 Å². The molecule has 2 aliphatic heterocycles. The number of hydrogen-bond donors (Lipinski definition) is 0. The summed E-state index contributed by atoms with van der Waals surface area (Å²) in [5, 5.41) is 7.21. The minimum absolute atomic E-state index is 0.0381. The highest BCUT2D eigenvalue weighted by Gasteiger charge is 2.57. The Bertz CT molecular complexity index is 717. The average Bonchev–Trinajstić information content (AvgIpc) is 3.11. The maximum absolute atomic E-state index is 8.82. The van der Waals surface area contributed by atoms with Crippen molar-refractivity contribution in [3.63, 3.8) is 0 Å². The molecule has 0 N–H and O–H groups in total. The van der Waals surface area contributed by atoms with Gasteiger partial charge in [-0.3, -0.25) is 0 Å². The molecule has 2 saturated heterocycles. The number of azide groups is 2. The smallest absolute Gasteiger partial charge is 0.187 e. The molecule has 26 heavy (non-hydrogen) atoms. The van der Waals surface area contributed by atoms with E-state index in [0.29, 0.717) is 6.61 Å². The standard InChI is InChI=1S/C16H20N6O4/c1-16(2)25-13-12(11(20-22-18)8-19-21-17)24-15(14(13)26-16)23-9-10-6-4-3-5-7-10/h3-7,11-15H,8-9H2,1-2H3/t11-,12-,13+,14+,15+/m1/s1. The first kappa shape index (κ1) is 18.5. The molecule has 5 atom stereocenters. The van der Waals surface area contributed by atoms with Crippen LogP contribution in [-0.2, 0) is 25.6 Å². The van der Waals surface area contributed by atoms with E-state index in [4.69, 9.17) is 30.0 Å². The van der Waals surface area contributed by atoms with Gasteiger partial charge in [0.2, 0.25) is 0 Å². The first-order valence-electron chi connectivity index (χ1n) is 8.26. The predicted molar refractivity (Wildman–Crippen MR) is 90.7 cm³/mol. The molecule has 2 aliphatic rings. The van der Waals surface area contributed by atoms with Gasteiger partial charge in [0.25, 0.3) is 0 Å². The molecule has 0 bridgehead atoms. The van der Waals surface area contributed by atoms with Crippen molar-refractivity contribution in [2.24, 2.45) is 10.2 Å². The minimum Gasteiger partial charge on any atom is -0.345 e. The topological polar surface area (TPSA) is 134 Å². The summed E-state index contributed by atoms with van der Waals surface area (Å²) in [6.45, 7) is 3.90. The highest BCUT2D eigenvalue weighted by Crippen LogP contribution is 2.41. The Morgan fingerprint density at radius 3 is 2.58 bits per heavy atom. The lowest BCUT2D eigenvalue weighted by Gasteiger charge is -2.26. The van der Waals surface area contributed by atoms with Crippen LogP contribution >= 0.6 is 0 Å². The molecule has 10 nitrogen and oxygen atoms in total. The molecule has 1 aromatic carbocycles. The van der Waals surface area contributed by atoms with E-state index in [-0.39, 0.29) is 6.54 Å². The van der Waals surface area contributed by atoms with Crippen molar-refractivity contribution in [3.05, 3.63) is 56.8 Å². The van der Waals surface area contributed by atoms with E-state index in [1.54, 1.807) is 13.8 Å². The van der Waals surface area contributed by atoms with Crippen molar-refractivity contribution in [2.75, 3.05) is 6.54 Å². The largest absolute Gasteiger partial charge is 0.345 e. The van der Waals surface area contributed by atoms with E-state index in [0.717, 1.165) is 5.56 Å². The fourth-order valence-electron chi connectivity index (χ4n) is 3.18. The second-order valence-corrected chi connectivity index (χ2v) is 6.52. The number of nitrogens with zero attached hydrogens (tertiary/aromatic N) is 6. The van der Waals surface area contributed by atoms with Crippen LogP contribution in [0.3, 0.4) is 0 Å². The Morgan fingerprint density at radius 2 is 1.88 bits per heavy atom. The van der Waals surface area contributed by atoms with Gasteiger partial charge in [-0.05, 0) is 30.5 Å². The Labute approximate surface area is 150 Å². The normalized spacial score (nSPS) is 30.1. The van der Waals surface area contributed by atoms with Crippen molar-refractivity contribution in [1.29, 1.82) is 0 Å². The maximum atomic E-state index is 8.82. The third-order valence-corrected chi connectivity index (χ3v) is 4.22. The number of ether oxygens (including phenoxy) is 4. The molecule has 0 amide bonds. The highest BCUT2D eigenvalue weighted by atomic mass is 16.8. The molecular weight excluding hydrogens is 340 g/mol. The average molecular weight is 360 g/mol. The lowest BCUT2D eigenvalue weighted by molar-refractivity contribution is -0.238. The number of rotatable bonds is 7. The molecule has 2 heterocycles. The zero-order valence-electron chi connectivity index (χ0n) is 14.5. The van der Waals surface area contributed by atoms with Gasteiger partial charge in [0.05, 0.1) is 18.8 Å². The first-order valence-corrected chi connectivity index (χ1v) is 8.26. The number of fused-ring (bicyclic) bond motifs is 1. The summed E-state index contributed by atoms with van der Waals surface area (Å²) < 4.78 is 23.7. The zero-order chi connectivity index (χ0) is 18.6. The summed E-state index contributed by atoms with van der Waals surface area (Å²) >= 11 is 0. The van der Waals surface area contributed by atoms with Crippen LogP contribution < -0.4 is 0 Å². The van der Waals surface area contributed by atoms with E-state index in [1.807, 2.05) is 30.3 Å². The van der Waals surface area contributed by atoms with Crippen LogP contribution in [0.25, 0.3) is 20.9 Å². The molecule has 0 radical (unpaired) electrons. The van der Waals surface area contributed by atoms with Crippen LogP contribution in [0.2, 0.25) is 0 Å². The summed E-state index contributed by atoms with van der Waals surface area (Å²) in [7, 11) is 0. The summed E-state index contributed by atoms with van der Waals surface area (Å²) in [4.78, 5) is 5.55. The maximum Gasteiger partial charge on any atom is 0.187 e. The molecule has 0 aromatic heterocycles. The monoisotopic (exact) mass is 360 g/mol. The van der Waals surface area contributed by atoms with Gasteiger partial charge < -0.3 is 18.9 Å². The molecule has 10 heteroatoms. The quantitative estimate of drug-likeness (QED) is 0.418. The molecule has 0 saturated carbocycles. The summed E-state index contributed by atoms with van der Waals surface area (Å²) in [5.74, 6) is -0.814. The number of hydrogen-bond acceptors (Lipinski definition) is 6. The van der Waals surface area contributed by atoms with Gasteiger partial charge in [0.15, 0.2) is 12.1 Å². The van der Waals surface area contributed by atoms with Gasteiger partial charge in [-0.2, -0.15) is 0 Å². The van der Waals surface area contributed by atoms with E-state index in [9.17, 15) is 0 Å². The molecular formula is C16H20N6O4. The van der Waals surface area contributed by atoms with Gasteiger partial charge >= 0.3 is 0 Å². The molecule has 0 aliphatic carbocycles. The van der Waals surface area contributed by atoms with Gasteiger partial charge in [0, 0.05) is 16.4 Å². The molecule has 0 unspecified atom stereocenters. The summed E-state index contributed by atoms with van der Waals surface area (Å²) in [6.07, 6.45) is -2.28. The Balaban J connectivity index is 1.76. The SMILES string of the molecule is CC1(C)O[C@@H]2[C@H](O1)[C@@H](OCc1ccccc1)O[C@@H]2[C@@H](CN=[N+]=[N-])N=[N+]=[N-]. The predicted octanol–water partition coefficient (Wildman–Crippen LogP) is 3.44. The van der Waals surface area contributed by atoms with Crippen LogP contribution in [0, 0.1) is 0 Å². The molecule has 1 aromatic rings. The fourth-order valence-corrected chi connectivity index (χ4v) is 3.18. The third-order valence-electron chi connectivity index (χ3n) is 4.22. The van der Waals surface area contributed by atoms with E-state index in [1.165, 1.54) is 0 Å². The second kappa shape index (κ2) is 7.92. The lowest BCUT2D eigenvalue weighted by atomic mass is 10.0. The molecule has 138 valence electrons. The van der Waals surface area contributed by atoms with Gasteiger partial charge in [0.1, 0.15) is 12.2 Å². The Morgan fingerprint density at radius 1 is 1.15 bits per heavy atom. The molecule has 3 rings (SSSR count). The van der Waals surface area contributed by atoms with Crippen molar-refractivity contribution in [3.8, 4) is 0 Å². The third kappa shape index (κ3) is 4.08. The van der Waals surface area contributed by atoms with Crippen LogP contribution in [-0.4, -0.2) is 43.0 Å². The van der Waals surface area contributed by atoms with E-state index >= 15 is 0 Å². The number of benzene rings is 1. The molecule has 0 spiro atoms. The van der Waals surface area contributed by atoms with Crippen molar-refractivity contribution < 1.29 is 18.9 Å². The van der Waals surface area contributed by atoms with Crippen molar-refractivity contribution >= 4 is 0 Å². The first-order chi connectivity index (χ1) is 12.5. The minimum atomic E-state index is -0.814.